The third-order valence-corrected chi connectivity index (χ3v) is 4.91. The second-order valence-electron chi connectivity index (χ2n) is 7.12. The van der Waals surface area contributed by atoms with Gasteiger partial charge < -0.3 is 15.1 Å². The Bertz CT molecular complexity index is 1020. The molecular formula is C19H18F3N3O4. The lowest BCUT2D eigenvalue weighted by molar-refractivity contribution is -0.866. The van der Waals surface area contributed by atoms with Gasteiger partial charge in [0.25, 0.3) is 5.91 Å². The normalized spacial score (nSPS) is 22.5. The summed E-state index contributed by atoms with van der Waals surface area (Å²) in [5, 5.41) is 22.2. The van der Waals surface area contributed by atoms with Crippen LogP contribution in [0.15, 0.2) is 35.3 Å². The summed E-state index contributed by atoms with van der Waals surface area (Å²) in [5.74, 6) is -6.36. The summed E-state index contributed by atoms with van der Waals surface area (Å²) in [6, 6.07) is 4.50. The number of rotatable bonds is 3. The van der Waals surface area contributed by atoms with Crippen molar-refractivity contribution in [1.82, 2.24) is 4.73 Å². The van der Waals surface area contributed by atoms with E-state index in [1.165, 1.54) is 25.2 Å². The molecule has 1 fully saturated rings. The van der Waals surface area contributed by atoms with Gasteiger partial charge in [-0.05, 0) is 12.1 Å². The molecular weight excluding hydrogens is 391 g/mol. The van der Waals surface area contributed by atoms with Crippen LogP contribution in [0.3, 0.4) is 0 Å². The Hall–Kier alpha value is -2.98. The minimum atomic E-state index is -1.44. The van der Waals surface area contributed by atoms with Gasteiger partial charge in [-0.3, -0.25) is 9.59 Å². The number of pyridine rings is 1. The number of carbonyl (C=O) groups is 2. The lowest BCUT2D eigenvalue weighted by Crippen LogP contribution is -2.46. The van der Waals surface area contributed by atoms with Crippen LogP contribution >= 0.6 is 0 Å². The summed E-state index contributed by atoms with van der Waals surface area (Å²) in [4.78, 5) is 28.3. The summed E-state index contributed by atoms with van der Waals surface area (Å²) < 4.78 is 40.5. The summed E-state index contributed by atoms with van der Waals surface area (Å²) in [6.45, 7) is 0.515. The van der Waals surface area contributed by atoms with Crippen LogP contribution in [0.1, 0.15) is 33.7 Å². The first-order valence-corrected chi connectivity index (χ1v) is 8.84. The predicted octanol–water partition coefficient (Wildman–Crippen LogP) is 2.42. The molecule has 0 aliphatic carbocycles. The molecule has 29 heavy (non-hydrogen) atoms. The number of carbonyl (C=O) groups excluding carboxylic acids is 2. The van der Waals surface area contributed by atoms with Crippen molar-refractivity contribution in [2.24, 2.45) is 10.9 Å². The predicted molar refractivity (Wildman–Crippen MR) is 94.2 cm³/mol. The molecule has 10 heteroatoms. The Kier molecular flexibility index (Phi) is 5.58. The Morgan fingerprint density at radius 3 is 2.34 bits per heavy atom. The first-order valence-electron chi connectivity index (χ1n) is 8.84. The van der Waals surface area contributed by atoms with Crippen LogP contribution in [-0.2, 0) is 0 Å². The van der Waals surface area contributed by atoms with Gasteiger partial charge in [0.15, 0.2) is 11.3 Å². The third-order valence-electron chi connectivity index (χ3n) is 4.91. The summed E-state index contributed by atoms with van der Waals surface area (Å²) >= 11 is 0. The van der Waals surface area contributed by atoms with Crippen molar-refractivity contribution in [2.45, 2.75) is 12.8 Å². The van der Waals surface area contributed by atoms with Crippen molar-refractivity contribution in [3.05, 3.63) is 69.7 Å². The van der Waals surface area contributed by atoms with E-state index in [0.717, 1.165) is 0 Å². The number of hydrogen-bond acceptors (Lipinski definition) is 4. The Balaban J connectivity index is 1.93. The number of piperidine rings is 1. The number of quaternary nitrogens is 1. The highest BCUT2D eigenvalue weighted by atomic mass is 19.1. The van der Waals surface area contributed by atoms with Crippen LogP contribution in [0.25, 0.3) is 0 Å². The van der Waals surface area contributed by atoms with Crippen molar-refractivity contribution in [2.75, 3.05) is 20.1 Å². The fourth-order valence-corrected chi connectivity index (χ4v) is 3.25. The minimum absolute atomic E-state index is 0.175. The van der Waals surface area contributed by atoms with E-state index in [4.69, 9.17) is 0 Å². The Morgan fingerprint density at radius 2 is 1.76 bits per heavy atom. The molecule has 1 aromatic heterocycles. The molecule has 1 aliphatic heterocycles. The number of likely N-dealkylation sites (tertiary alicyclic amines) is 1. The maximum Gasteiger partial charge on any atom is 0.285 e. The molecule has 1 aliphatic rings. The lowest BCUT2D eigenvalue weighted by atomic mass is 9.90. The second kappa shape index (κ2) is 7.80. The van der Waals surface area contributed by atoms with Gasteiger partial charge in [-0.2, -0.15) is 9.72 Å². The van der Waals surface area contributed by atoms with Gasteiger partial charge in [-0.15, -0.1) is 0 Å². The first-order chi connectivity index (χ1) is 13.6. The molecule has 3 rings (SSSR count). The van der Waals surface area contributed by atoms with E-state index >= 15 is 0 Å². The van der Waals surface area contributed by atoms with Crippen molar-refractivity contribution in [3.8, 4) is 0 Å². The molecule has 0 unspecified atom stereocenters. The van der Waals surface area contributed by atoms with Crippen molar-refractivity contribution in [1.29, 1.82) is 0 Å². The van der Waals surface area contributed by atoms with Gasteiger partial charge in [0, 0.05) is 30.9 Å². The largest absolute Gasteiger partial charge is 0.633 e. The van der Waals surface area contributed by atoms with E-state index in [1.807, 2.05) is 0 Å². The van der Waals surface area contributed by atoms with Crippen LogP contribution in [0.2, 0.25) is 0 Å². The molecule has 154 valence electrons. The van der Waals surface area contributed by atoms with Gasteiger partial charge >= 0.3 is 0 Å². The standard InChI is InChI=1S/C19H18F3N3O4/c1-25(29)7-5-11(6-8-25)18(26)15-3-2-4-16(24(15)28)23-19(27)17-13(21)9-12(20)10-14(17)22/h2-4,9-11,28H,5-8H2,1H3. The number of hydrogen-bond donors (Lipinski definition) is 1. The molecule has 1 N–H and O–H groups in total. The maximum absolute atomic E-state index is 13.8. The van der Waals surface area contributed by atoms with Crippen molar-refractivity contribution >= 4 is 11.7 Å². The number of ketones is 1. The average molecular weight is 409 g/mol. The number of benzene rings is 1. The number of Topliss-reactive ketones (excluding diaryl/α,β-unsaturated/α-hetero) is 1. The average Bonchev–Trinajstić information content (AvgIpc) is 2.62. The van der Waals surface area contributed by atoms with Crippen molar-refractivity contribution < 1.29 is 32.6 Å². The summed E-state index contributed by atoms with van der Waals surface area (Å²) in [7, 11) is 1.52. The molecule has 7 nitrogen and oxygen atoms in total. The smallest absolute Gasteiger partial charge is 0.285 e. The summed E-state index contributed by atoms with van der Waals surface area (Å²) in [6.07, 6.45) is 0.677. The zero-order valence-corrected chi connectivity index (χ0v) is 15.4. The molecule has 0 radical (unpaired) electrons. The number of amides is 1. The first kappa shape index (κ1) is 20.7. The highest BCUT2D eigenvalue weighted by molar-refractivity contribution is 5.97. The summed E-state index contributed by atoms with van der Waals surface area (Å²) in [5.41, 5.74) is -1.68. The number of halogens is 3. The third kappa shape index (κ3) is 4.38. The fraction of sp³-hybridized carbons (Fsp3) is 0.316. The molecule has 0 bridgehead atoms. The maximum atomic E-state index is 13.8. The Labute approximate surface area is 163 Å². The molecule has 0 spiro atoms. The quantitative estimate of drug-likeness (QED) is 0.365. The van der Waals surface area contributed by atoms with E-state index in [1.54, 1.807) is 0 Å². The van der Waals surface area contributed by atoms with E-state index in [9.17, 15) is 33.2 Å². The van der Waals surface area contributed by atoms with Gasteiger partial charge in [0.2, 0.25) is 0 Å². The molecule has 1 aromatic carbocycles. The van der Waals surface area contributed by atoms with Gasteiger partial charge in [0.1, 0.15) is 28.7 Å². The van der Waals surface area contributed by atoms with E-state index < -0.39 is 50.8 Å². The lowest BCUT2D eigenvalue weighted by Gasteiger charge is -2.43. The van der Waals surface area contributed by atoms with Crippen LogP contribution in [0.5, 0.6) is 0 Å². The molecule has 2 heterocycles. The monoisotopic (exact) mass is 409 g/mol. The molecule has 1 saturated heterocycles. The van der Waals surface area contributed by atoms with Crippen LogP contribution in [0.4, 0.5) is 13.2 Å². The highest BCUT2D eigenvalue weighted by Gasteiger charge is 2.30. The number of aromatic nitrogens is 1. The molecule has 0 atom stereocenters. The van der Waals surface area contributed by atoms with Gasteiger partial charge in [0.05, 0.1) is 20.1 Å². The number of hydroxylamine groups is 3. The van der Waals surface area contributed by atoms with Crippen molar-refractivity contribution in [3.63, 3.8) is 0 Å². The van der Waals surface area contributed by atoms with E-state index in [2.05, 4.69) is 4.99 Å². The molecule has 2 aromatic rings. The Morgan fingerprint density at radius 1 is 1.17 bits per heavy atom. The van der Waals surface area contributed by atoms with Gasteiger partial charge in [-0.25, -0.2) is 13.2 Å². The second-order valence-corrected chi connectivity index (χ2v) is 7.12. The van der Waals surface area contributed by atoms with Crippen LogP contribution in [0, 0.1) is 28.6 Å². The fourth-order valence-electron chi connectivity index (χ4n) is 3.25. The molecule has 1 amide bonds. The zero-order chi connectivity index (χ0) is 21.3. The minimum Gasteiger partial charge on any atom is -0.633 e. The SMILES string of the molecule is C[N+]1([O-])CCC(C(=O)c2cccc(=NC(=O)c3c(F)cc(F)cc3F)n2O)CC1. The zero-order valence-electron chi connectivity index (χ0n) is 15.4. The van der Waals surface area contributed by atoms with Crippen LogP contribution in [-0.4, -0.2) is 46.4 Å². The highest BCUT2D eigenvalue weighted by Crippen LogP contribution is 2.24. The topological polar surface area (TPSA) is 94.7 Å². The number of nitrogens with zero attached hydrogens (tertiary/aromatic N) is 3. The molecule has 0 saturated carbocycles. The van der Waals surface area contributed by atoms with Gasteiger partial charge in [-0.1, -0.05) is 6.07 Å². The van der Waals surface area contributed by atoms with Crippen LogP contribution < -0.4 is 5.49 Å². The van der Waals surface area contributed by atoms with E-state index in [0.29, 0.717) is 29.7 Å². The van der Waals surface area contributed by atoms with E-state index in [-0.39, 0.29) is 18.8 Å².